The van der Waals surface area contributed by atoms with E-state index in [-0.39, 0.29) is 12.3 Å². The summed E-state index contributed by atoms with van der Waals surface area (Å²) in [6, 6.07) is 14.2. The van der Waals surface area contributed by atoms with Crippen molar-refractivity contribution in [3.05, 3.63) is 88.2 Å². The van der Waals surface area contributed by atoms with Crippen LogP contribution in [0, 0.1) is 7.14 Å². The molecule has 2 aromatic carbocycles. The minimum atomic E-state index is -0.631. The van der Waals surface area contributed by atoms with Crippen LogP contribution >= 0.6 is 68.5 Å². The fourth-order valence-electron chi connectivity index (χ4n) is 3.18. The number of rotatable bonds is 7. The molecule has 1 saturated heterocycles. The van der Waals surface area contributed by atoms with Crippen molar-refractivity contribution in [2.45, 2.75) is 13.2 Å². The molecule has 1 aromatic heterocycles. The van der Waals surface area contributed by atoms with E-state index in [0.717, 1.165) is 40.7 Å². The summed E-state index contributed by atoms with van der Waals surface area (Å²) < 4.78 is 17.7. The number of ether oxygens (including phenoxy) is 2. The van der Waals surface area contributed by atoms with Gasteiger partial charge in [-0.25, -0.2) is 4.79 Å². The van der Waals surface area contributed by atoms with Gasteiger partial charge in [-0.05, 0) is 98.9 Å². The van der Waals surface area contributed by atoms with Gasteiger partial charge in [-0.3, -0.25) is 14.5 Å². The van der Waals surface area contributed by atoms with Crippen molar-refractivity contribution >= 4 is 91.7 Å². The molecule has 0 aliphatic carbocycles. The van der Waals surface area contributed by atoms with Crippen LogP contribution in [0.5, 0.6) is 5.75 Å². The van der Waals surface area contributed by atoms with Gasteiger partial charge in [0.25, 0.3) is 11.1 Å². The molecule has 2 amide bonds. The number of benzene rings is 2. The van der Waals surface area contributed by atoms with Gasteiger partial charge in [-0.15, -0.1) is 0 Å². The molecule has 3 aromatic rings. The Balaban J connectivity index is 1.48. The first-order valence-electron chi connectivity index (χ1n) is 10.0. The number of hydrogen-bond donors (Lipinski definition) is 0. The highest BCUT2D eigenvalue weighted by molar-refractivity contribution is 14.1. The lowest BCUT2D eigenvalue weighted by molar-refractivity contribution is -0.123. The summed E-state index contributed by atoms with van der Waals surface area (Å²) in [7, 11) is 1.24. The molecule has 7 nitrogen and oxygen atoms in total. The summed E-state index contributed by atoms with van der Waals surface area (Å²) in [5, 5.41) is 0.224. The van der Waals surface area contributed by atoms with Crippen molar-refractivity contribution in [2.24, 2.45) is 0 Å². The van der Waals surface area contributed by atoms with Gasteiger partial charge >= 0.3 is 5.97 Å². The maximum absolute atomic E-state index is 12.9. The largest absolute Gasteiger partial charge is 0.487 e. The minimum Gasteiger partial charge on any atom is -0.487 e. The molecule has 35 heavy (non-hydrogen) atoms. The first-order chi connectivity index (χ1) is 16.8. The second kappa shape index (κ2) is 11.4. The third-order valence-electron chi connectivity index (χ3n) is 4.88. The number of carbonyl (C=O) groups is 3. The molecule has 4 rings (SSSR count). The molecule has 0 radical (unpaired) electrons. The van der Waals surface area contributed by atoms with Crippen LogP contribution in [0.4, 0.5) is 4.79 Å². The minimum absolute atomic E-state index is 0.00556. The van der Waals surface area contributed by atoms with Crippen LogP contribution in [0.15, 0.2) is 57.9 Å². The van der Waals surface area contributed by atoms with E-state index < -0.39 is 17.1 Å². The first-order valence-corrected chi connectivity index (χ1v) is 13.4. The highest BCUT2D eigenvalue weighted by Crippen LogP contribution is 2.36. The Hall–Kier alpha value is -2.03. The SMILES string of the molecule is COC(=O)c1ccc(CN2C(=O)S/C(=C/c3cc(I)c(OCc4ccccc4Cl)c(I)c3)C2=O)o1. The van der Waals surface area contributed by atoms with Gasteiger partial charge in [0.05, 0.1) is 25.7 Å². The Morgan fingerprint density at radius 2 is 1.86 bits per heavy atom. The van der Waals surface area contributed by atoms with E-state index in [9.17, 15) is 14.4 Å². The number of thioether (sulfide) groups is 1. The van der Waals surface area contributed by atoms with Crippen LogP contribution in [0.25, 0.3) is 6.08 Å². The quantitative estimate of drug-likeness (QED) is 0.151. The maximum atomic E-state index is 12.9. The maximum Gasteiger partial charge on any atom is 0.373 e. The fourth-order valence-corrected chi connectivity index (χ4v) is 6.34. The van der Waals surface area contributed by atoms with Crippen LogP contribution in [0.2, 0.25) is 5.02 Å². The molecular formula is C24H16ClI2NO6S. The average molecular weight is 736 g/mol. The topological polar surface area (TPSA) is 86.0 Å². The Morgan fingerprint density at radius 3 is 2.54 bits per heavy atom. The molecule has 2 heterocycles. The lowest BCUT2D eigenvalue weighted by atomic mass is 10.2. The van der Waals surface area contributed by atoms with E-state index in [1.54, 1.807) is 6.08 Å². The summed E-state index contributed by atoms with van der Waals surface area (Å²) in [6.07, 6.45) is 1.68. The summed E-state index contributed by atoms with van der Waals surface area (Å²) in [4.78, 5) is 38.3. The Morgan fingerprint density at radius 1 is 1.14 bits per heavy atom. The molecule has 1 fully saturated rings. The molecule has 0 bridgehead atoms. The van der Waals surface area contributed by atoms with Crippen LogP contribution in [0.1, 0.15) is 27.4 Å². The average Bonchev–Trinajstić information content (AvgIpc) is 3.39. The van der Waals surface area contributed by atoms with Gasteiger partial charge < -0.3 is 13.9 Å². The van der Waals surface area contributed by atoms with E-state index in [0.29, 0.717) is 22.3 Å². The number of amides is 2. The molecule has 180 valence electrons. The molecule has 0 saturated carbocycles. The standard InChI is InChI=1S/C24H16ClI2NO6S/c1-32-23(30)19-7-6-15(34-19)11-28-22(29)20(35-24(28)31)10-13-8-17(26)21(18(27)9-13)33-12-14-4-2-3-5-16(14)25/h2-10H,11-12H2,1H3/b20-10+. The Bertz CT molecular complexity index is 1330. The number of nitrogens with zero attached hydrogens (tertiary/aromatic N) is 1. The third kappa shape index (κ3) is 6.04. The van der Waals surface area contributed by atoms with Gasteiger partial charge in [-0.2, -0.15) is 0 Å². The molecular weight excluding hydrogens is 720 g/mol. The van der Waals surface area contributed by atoms with Crippen molar-refractivity contribution in [1.82, 2.24) is 4.90 Å². The van der Waals surface area contributed by atoms with Crippen molar-refractivity contribution in [3.8, 4) is 5.75 Å². The predicted octanol–water partition coefficient (Wildman–Crippen LogP) is 6.74. The number of hydrogen-bond acceptors (Lipinski definition) is 7. The molecule has 0 spiro atoms. The molecule has 11 heteroatoms. The smallest absolute Gasteiger partial charge is 0.373 e. The number of halogens is 3. The van der Waals surface area contributed by atoms with Crippen LogP contribution < -0.4 is 4.74 Å². The summed E-state index contributed by atoms with van der Waals surface area (Å²) in [6.45, 7) is 0.247. The zero-order valence-electron chi connectivity index (χ0n) is 18.0. The van der Waals surface area contributed by atoms with Gasteiger partial charge in [0, 0.05) is 10.6 Å². The molecule has 1 aliphatic heterocycles. The Labute approximate surface area is 237 Å². The lowest BCUT2D eigenvalue weighted by Crippen LogP contribution is -2.27. The second-order valence-electron chi connectivity index (χ2n) is 7.22. The number of esters is 1. The van der Waals surface area contributed by atoms with Crippen LogP contribution in [-0.2, 0) is 22.7 Å². The second-order valence-corrected chi connectivity index (χ2v) is 10.9. The summed E-state index contributed by atoms with van der Waals surface area (Å²) in [5.41, 5.74) is 1.65. The predicted molar refractivity (Wildman–Crippen MR) is 149 cm³/mol. The van der Waals surface area contributed by atoms with E-state index in [4.69, 9.17) is 20.8 Å². The highest BCUT2D eigenvalue weighted by Gasteiger charge is 2.36. The lowest BCUT2D eigenvalue weighted by Gasteiger charge is -2.12. The van der Waals surface area contributed by atoms with Gasteiger partial charge in [0.1, 0.15) is 18.1 Å². The van der Waals surface area contributed by atoms with Gasteiger partial charge in [-0.1, -0.05) is 29.8 Å². The number of imide groups is 1. The van der Waals surface area contributed by atoms with E-state index >= 15 is 0 Å². The normalized spacial score (nSPS) is 14.6. The monoisotopic (exact) mass is 735 g/mol. The van der Waals surface area contributed by atoms with Crippen molar-refractivity contribution in [3.63, 3.8) is 0 Å². The molecule has 1 aliphatic rings. The van der Waals surface area contributed by atoms with Crippen molar-refractivity contribution in [1.29, 1.82) is 0 Å². The van der Waals surface area contributed by atoms with Crippen LogP contribution in [0.3, 0.4) is 0 Å². The number of methoxy groups -OCH3 is 1. The van der Waals surface area contributed by atoms with Crippen LogP contribution in [-0.4, -0.2) is 29.1 Å². The van der Waals surface area contributed by atoms with E-state index in [1.165, 1.54) is 19.2 Å². The molecule has 0 unspecified atom stereocenters. The fraction of sp³-hybridized carbons (Fsp3) is 0.125. The first kappa shape index (κ1) is 26.0. The van der Waals surface area contributed by atoms with E-state index in [1.807, 2.05) is 36.4 Å². The Kier molecular flexibility index (Phi) is 8.45. The van der Waals surface area contributed by atoms with Crippen molar-refractivity contribution in [2.75, 3.05) is 7.11 Å². The summed E-state index contributed by atoms with van der Waals surface area (Å²) in [5.74, 6) is -0.0338. The summed E-state index contributed by atoms with van der Waals surface area (Å²) >= 11 is 11.4. The van der Waals surface area contributed by atoms with Gasteiger partial charge in [0.15, 0.2) is 0 Å². The third-order valence-corrected chi connectivity index (χ3v) is 7.76. The van der Waals surface area contributed by atoms with Gasteiger partial charge in [0.2, 0.25) is 5.76 Å². The zero-order valence-corrected chi connectivity index (χ0v) is 23.9. The number of carbonyl (C=O) groups excluding carboxylic acids is 3. The highest BCUT2D eigenvalue weighted by atomic mass is 127. The number of furan rings is 1. The van der Waals surface area contributed by atoms with Crippen molar-refractivity contribution < 1.29 is 28.3 Å². The van der Waals surface area contributed by atoms with E-state index in [2.05, 4.69) is 49.9 Å². The zero-order chi connectivity index (χ0) is 25.1. The molecule has 0 atom stereocenters. The molecule has 0 N–H and O–H groups in total.